The van der Waals surface area contributed by atoms with Crippen molar-refractivity contribution in [2.75, 3.05) is 39.2 Å². The lowest BCUT2D eigenvalue weighted by Gasteiger charge is -2.33. The molecule has 0 saturated heterocycles. The van der Waals surface area contributed by atoms with Gasteiger partial charge in [0, 0.05) is 26.1 Å². The summed E-state index contributed by atoms with van der Waals surface area (Å²) in [4.78, 5) is 29.1. The summed E-state index contributed by atoms with van der Waals surface area (Å²) >= 11 is 0. The molecule has 4 rings (SSSR count). The first kappa shape index (κ1) is 32.9. The van der Waals surface area contributed by atoms with Crippen LogP contribution in [0.1, 0.15) is 11.1 Å². The number of nitrogens with one attached hydrogen (secondary N) is 1. The zero-order valence-electron chi connectivity index (χ0n) is 25.7. The number of carbonyl (C=O) groups excluding carboxylic acids is 2. The first-order valence-corrected chi connectivity index (χ1v) is 15.6. The van der Waals surface area contributed by atoms with Crippen LogP contribution in [-0.2, 0) is 32.6 Å². The first-order chi connectivity index (χ1) is 21.7. The third kappa shape index (κ3) is 7.93. The molecule has 0 aromatic heterocycles. The van der Waals surface area contributed by atoms with Gasteiger partial charge in [0.05, 0.1) is 31.9 Å². The molecule has 0 spiro atoms. The zero-order valence-corrected chi connectivity index (χ0v) is 26.5. The second-order valence-electron chi connectivity index (χ2n) is 10.1. The Kier molecular flexibility index (Phi) is 11.0. The average molecular weight is 632 g/mol. The number of nitrogens with zero attached hydrogens (tertiary/aromatic N) is 2. The Morgan fingerprint density at radius 3 is 2.02 bits per heavy atom. The average Bonchev–Trinajstić information content (AvgIpc) is 3.08. The fourth-order valence-electron chi connectivity index (χ4n) is 4.92. The van der Waals surface area contributed by atoms with Crippen LogP contribution in [-0.4, -0.2) is 66.1 Å². The number of carbonyl (C=O) groups is 2. The zero-order chi connectivity index (χ0) is 32.4. The van der Waals surface area contributed by atoms with Gasteiger partial charge in [0.15, 0.2) is 11.5 Å². The van der Waals surface area contributed by atoms with E-state index in [0.717, 1.165) is 9.87 Å². The molecule has 45 heavy (non-hydrogen) atoms. The number of benzene rings is 4. The van der Waals surface area contributed by atoms with Gasteiger partial charge in [0.2, 0.25) is 11.8 Å². The van der Waals surface area contributed by atoms with Gasteiger partial charge in [-0.25, -0.2) is 8.42 Å². The highest BCUT2D eigenvalue weighted by atomic mass is 32.2. The molecule has 4 aromatic carbocycles. The highest BCUT2D eigenvalue weighted by molar-refractivity contribution is 7.92. The predicted molar refractivity (Wildman–Crippen MR) is 172 cm³/mol. The van der Waals surface area contributed by atoms with E-state index in [1.54, 1.807) is 55.6 Å². The molecule has 236 valence electrons. The maximum atomic E-state index is 14.4. The molecule has 0 heterocycles. The van der Waals surface area contributed by atoms with Gasteiger partial charge in [-0.2, -0.15) is 0 Å². The highest BCUT2D eigenvalue weighted by Gasteiger charge is 2.34. The summed E-state index contributed by atoms with van der Waals surface area (Å²) in [5, 5.41) is 2.68. The van der Waals surface area contributed by atoms with Gasteiger partial charge >= 0.3 is 0 Å². The minimum atomic E-state index is -4.30. The summed E-state index contributed by atoms with van der Waals surface area (Å²) in [6.07, 6.45) is 0.212. The molecule has 0 fully saturated rings. The van der Waals surface area contributed by atoms with E-state index in [-0.39, 0.29) is 35.2 Å². The largest absolute Gasteiger partial charge is 0.497 e. The van der Waals surface area contributed by atoms with Crippen molar-refractivity contribution in [1.82, 2.24) is 10.2 Å². The van der Waals surface area contributed by atoms with E-state index < -0.39 is 28.5 Å². The molecular formula is C34H37N3O7S. The van der Waals surface area contributed by atoms with Crippen molar-refractivity contribution in [2.45, 2.75) is 23.9 Å². The second kappa shape index (κ2) is 15.1. The molecule has 0 aliphatic carbocycles. The van der Waals surface area contributed by atoms with Crippen molar-refractivity contribution in [2.24, 2.45) is 0 Å². The second-order valence-corrected chi connectivity index (χ2v) is 11.9. The van der Waals surface area contributed by atoms with Crippen molar-refractivity contribution in [1.29, 1.82) is 0 Å². The lowest BCUT2D eigenvalue weighted by molar-refractivity contribution is -0.139. The lowest BCUT2D eigenvalue weighted by Crippen LogP contribution is -2.53. The third-order valence-electron chi connectivity index (χ3n) is 7.27. The summed E-state index contributed by atoms with van der Waals surface area (Å²) in [5.74, 6) is 0.207. The molecule has 11 heteroatoms. The number of anilines is 1. The SMILES string of the molecule is CNC(=O)[C@@H](Cc1ccccc1)N(Cc1cccc(OC)c1)C(=O)CN(c1ccccc1)S(=O)(=O)c1ccc(OC)c(OC)c1. The Morgan fingerprint density at radius 2 is 1.40 bits per heavy atom. The number of sulfonamides is 1. The Bertz CT molecular complexity index is 1700. The monoisotopic (exact) mass is 631 g/mol. The quantitative estimate of drug-likeness (QED) is 0.221. The minimum absolute atomic E-state index is 0.0278. The standard InChI is InChI=1S/C34H37N3O7S/c1-35-34(39)30(21-25-12-7-5-8-13-25)36(23-26-14-11-17-28(20-26)42-2)33(38)24-37(27-15-9-6-10-16-27)45(40,41)29-18-19-31(43-3)32(22-29)44-4/h5-20,22,30H,21,23-24H2,1-4H3,(H,35,39)/t30-/m1/s1. The lowest BCUT2D eigenvalue weighted by atomic mass is 10.0. The Balaban J connectivity index is 1.80. The van der Waals surface area contributed by atoms with Crippen LogP contribution in [0.25, 0.3) is 0 Å². The van der Waals surface area contributed by atoms with E-state index in [0.29, 0.717) is 17.1 Å². The minimum Gasteiger partial charge on any atom is -0.497 e. The molecule has 0 unspecified atom stereocenters. The fraction of sp³-hybridized carbons (Fsp3) is 0.235. The summed E-state index contributed by atoms with van der Waals surface area (Å²) in [6.45, 7) is -0.549. The van der Waals surface area contributed by atoms with Gasteiger partial charge in [-0.1, -0.05) is 60.7 Å². The summed E-state index contributed by atoms with van der Waals surface area (Å²) in [6, 6.07) is 28.2. The molecule has 1 atom stereocenters. The number of amides is 2. The topological polar surface area (TPSA) is 114 Å². The summed E-state index contributed by atoms with van der Waals surface area (Å²) in [7, 11) is 1.61. The van der Waals surface area contributed by atoms with Crippen LogP contribution in [0.2, 0.25) is 0 Å². The number of rotatable bonds is 14. The predicted octanol–water partition coefficient (Wildman–Crippen LogP) is 4.29. The molecular weight excluding hydrogens is 594 g/mol. The van der Waals surface area contributed by atoms with Gasteiger partial charge < -0.3 is 24.4 Å². The molecule has 2 amide bonds. The van der Waals surface area contributed by atoms with E-state index >= 15 is 0 Å². The van der Waals surface area contributed by atoms with Crippen molar-refractivity contribution in [3.63, 3.8) is 0 Å². The Morgan fingerprint density at radius 1 is 0.756 bits per heavy atom. The highest BCUT2D eigenvalue weighted by Crippen LogP contribution is 2.32. The molecule has 4 aromatic rings. The van der Waals surface area contributed by atoms with Crippen molar-refractivity contribution in [3.8, 4) is 17.2 Å². The van der Waals surface area contributed by atoms with Crippen molar-refractivity contribution in [3.05, 3.63) is 114 Å². The van der Waals surface area contributed by atoms with Crippen LogP contribution in [0.4, 0.5) is 5.69 Å². The molecule has 0 aliphatic rings. The summed E-state index contributed by atoms with van der Waals surface area (Å²) < 4.78 is 45.5. The molecule has 0 saturated carbocycles. The van der Waals surface area contributed by atoms with E-state index in [1.807, 2.05) is 36.4 Å². The van der Waals surface area contributed by atoms with Crippen molar-refractivity contribution < 1.29 is 32.2 Å². The van der Waals surface area contributed by atoms with E-state index in [9.17, 15) is 18.0 Å². The number of ether oxygens (including phenoxy) is 3. The number of para-hydroxylation sites is 1. The Labute approximate surface area is 264 Å². The number of likely N-dealkylation sites (N-methyl/N-ethyl adjacent to an activating group) is 1. The fourth-order valence-corrected chi connectivity index (χ4v) is 6.35. The van der Waals surface area contributed by atoms with E-state index in [4.69, 9.17) is 14.2 Å². The van der Waals surface area contributed by atoms with Gasteiger partial charge in [-0.3, -0.25) is 13.9 Å². The van der Waals surface area contributed by atoms with Gasteiger partial charge in [-0.15, -0.1) is 0 Å². The van der Waals surface area contributed by atoms with Crippen LogP contribution in [0.3, 0.4) is 0 Å². The van der Waals surface area contributed by atoms with Crippen molar-refractivity contribution >= 4 is 27.5 Å². The molecule has 10 nitrogen and oxygen atoms in total. The molecule has 0 aliphatic heterocycles. The van der Waals surface area contributed by atoms with E-state index in [2.05, 4.69) is 5.32 Å². The van der Waals surface area contributed by atoms with Crippen LogP contribution in [0.15, 0.2) is 108 Å². The third-order valence-corrected chi connectivity index (χ3v) is 9.04. The number of hydrogen-bond acceptors (Lipinski definition) is 7. The van der Waals surface area contributed by atoms with Crippen LogP contribution in [0.5, 0.6) is 17.2 Å². The van der Waals surface area contributed by atoms with Crippen LogP contribution in [0, 0.1) is 0 Å². The molecule has 0 bridgehead atoms. The molecule has 1 N–H and O–H groups in total. The smallest absolute Gasteiger partial charge is 0.264 e. The molecule has 0 radical (unpaired) electrons. The van der Waals surface area contributed by atoms with Crippen LogP contribution < -0.4 is 23.8 Å². The van der Waals surface area contributed by atoms with Crippen LogP contribution >= 0.6 is 0 Å². The van der Waals surface area contributed by atoms with Gasteiger partial charge in [0.1, 0.15) is 18.3 Å². The maximum Gasteiger partial charge on any atom is 0.264 e. The normalized spacial score (nSPS) is 11.6. The number of methoxy groups -OCH3 is 3. The maximum absolute atomic E-state index is 14.4. The first-order valence-electron chi connectivity index (χ1n) is 14.2. The Hall–Kier alpha value is -5.03. The van der Waals surface area contributed by atoms with Gasteiger partial charge in [0.25, 0.3) is 10.0 Å². The number of hydrogen-bond donors (Lipinski definition) is 1. The van der Waals surface area contributed by atoms with Gasteiger partial charge in [-0.05, 0) is 47.5 Å². The van der Waals surface area contributed by atoms with E-state index in [1.165, 1.54) is 44.4 Å². The summed E-state index contributed by atoms with van der Waals surface area (Å²) in [5.41, 5.74) is 1.83.